The Balaban J connectivity index is 2.30. The van der Waals surface area contributed by atoms with Crippen LogP contribution in [-0.2, 0) is 0 Å². The molecule has 0 unspecified atom stereocenters. The number of carbonyl (C=O) groups excluding carboxylic acids is 1. The van der Waals surface area contributed by atoms with Gasteiger partial charge in [0.2, 0.25) is 0 Å². The molecule has 98 valence electrons. The summed E-state index contributed by atoms with van der Waals surface area (Å²) >= 11 is 0. The molecule has 0 fully saturated rings. The van der Waals surface area contributed by atoms with Crippen LogP contribution in [0.1, 0.15) is 17.3 Å². The summed E-state index contributed by atoms with van der Waals surface area (Å²) in [6.45, 7) is 1.57. The Morgan fingerprint density at radius 1 is 0.900 bits per heavy atom. The highest BCUT2D eigenvalue weighted by Crippen LogP contribution is 2.33. The van der Waals surface area contributed by atoms with E-state index in [-0.39, 0.29) is 5.78 Å². The van der Waals surface area contributed by atoms with Gasteiger partial charge in [0.15, 0.2) is 5.78 Å². The van der Waals surface area contributed by atoms with Crippen LogP contribution < -0.4 is 5.73 Å². The van der Waals surface area contributed by atoms with E-state index >= 15 is 0 Å². The van der Waals surface area contributed by atoms with Gasteiger partial charge < -0.3 is 5.73 Å². The average molecular weight is 261 g/mol. The quantitative estimate of drug-likeness (QED) is 0.552. The fourth-order valence-electron chi connectivity index (χ4n) is 2.47. The van der Waals surface area contributed by atoms with Crippen molar-refractivity contribution in [3.8, 4) is 11.1 Å². The molecule has 0 saturated heterocycles. The molecule has 0 aliphatic carbocycles. The first-order valence-electron chi connectivity index (χ1n) is 6.55. The molecule has 20 heavy (non-hydrogen) atoms. The van der Waals surface area contributed by atoms with Gasteiger partial charge in [-0.1, -0.05) is 42.5 Å². The molecule has 0 bridgehead atoms. The van der Waals surface area contributed by atoms with Crippen LogP contribution in [0.5, 0.6) is 0 Å². The van der Waals surface area contributed by atoms with E-state index in [1.165, 1.54) is 0 Å². The van der Waals surface area contributed by atoms with Gasteiger partial charge in [-0.05, 0) is 41.5 Å². The van der Waals surface area contributed by atoms with Gasteiger partial charge in [-0.2, -0.15) is 0 Å². The van der Waals surface area contributed by atoms with E-state index in [4.69, 9.17) is 5.73 Å². The first-order chi connectivity index (χ1) is 9.66. The zero-order valence-corrected chi connectivity index (χ0v) is 11.3. The lowest BCUT2D eigenvalue weighted by atomic mass is 9.95. The lowest BCUT2D eigenvalue weighted by molar-refractivity contribution is 0.101. The van der Waals surface area contributed by atoms with Crippen molar-refractivity contribution in [2.24, 2.45) is 0 Å². The number of anilines is 1. The maximum Gasteiger partial charge on any atom is 0.159 e. The molecular weight excluding hydrogens is 246 g/mol. The van der Waals surface area contributed by atoms with E-state index in [9.17, 15) is 4.79 Å². The topological polar surface area (TPSA) is 43.1 Å². The van der Waals surface area contributed by atoms with Gasteiger partial charge in [0, 0.05) is 16.8 Å². The normalized spacial score (nSPS) is 10.7. The predicted octanol–water partition coefficient (Wildman–Crippen LogP) is 4.29. The minimum atomic E-state index is 0.0477. The molecule has 0 saturated carbocycles. The zero-order valence-electron chi connectivity index (χ0n) is 11.3. The first kappa shape index (κ1) is 12.4. The Kier molecular flexibility index (Phi) is 2.99. The molecule has 0 atom stereocenters. The van der Waals surface area contributed by atoms with Gasteiger partial charge in [0.25, 0.3) is 0 Å². The molecule has 3 aromatic rings. The van der Waals surface area contributed by atoms with Gasteiger partial charge in [-0.15, -0.1) is 0 Å². The van der Waals surface area contributed by atoms with Crippen LogP contribution in [0.3, 0.4) is 0 Å². The number of nitrogen functional groups attached to an aromatic ring is 1. The highest BCUT2D eigenvalue weighted by atomic mass is 16.1. The van der Waals surface area contributed by atoms with Crippen LogP contribution in [0.25, 0.3) is 21.9 Å². The summed E-state index contributed by atoms with van der Waals surface area (Å²) < 4.78 is 0. The summed E-state index contributed by atoms with van der Waals surface area (Å²) in [7, 11) is 0. The highest BCUT2D eigenvalue weighted by molar-refractivity contribution is 6.02. The molecule has 2 heteroatoms. The Labute approximate surface area is 117 Å². The monoisotopic (exact) mass is 261 g/mol. The van der Waals surface area contributed by atoms with Crippen molar-refractivity contribution in [1.29, 1.82) is 0 Å². The van der Waals surface area contributed by atoms with Crippen molar-refractivity contribution in [1.82, 2.24) is 0 Å². The van der Waals surface area contributed by atoms with E-state index in [1.54, 1.807) is 19.1 Å². The summed E-state index contributed by atoms with van der Waals surface area (Å²) in [6.07, 6.45) is 0. The van der Waals surface area contributed by atoms with E-state index in [1.807, 2.05) is 30.3 Å². The summed E-state index contributed by atoms with van der Waals surface area (Å²) in [4.78, 5) is 11.6. The number of nitrogens with two attached hydrogens (primary N) is 1. The second-order valence-electron chi connectivity index (χ2n) is 4.88. The fourth-order valence-corrected chi connectivity index (χ4v) is 2.47. The molecule has 0 heterocycles. The van der Waals surface area contributed by atoms with E-state index < -0.39 is 0 Å². The average Bonchev–Trinajstić information content (AvgIpc) is 2.47. The smallest absolute Gasteiger partial charge is 0.159 e. The zero-order chi connectivity index (χ0) is 14.1. The molecule has 0 radical (unpaired) electrons. The largest absolute Gasteiger partial charge is 0.398 e. The van der Waals surface area contributed by atoms with Crippen LogP contribution >= 0.6 is 0 Å². The van der Waals surface area contributed by atoms with Crippen molar-refractivity contribution in [2.75, 3.05) is 5.73 Å². The number of benzene rings is 3. The molecule has 0 aliphatic rings. The number of carbonyl (C=O) groups is 1. The highest BCUT2D eigenvalue weighted by Gasteiger charge is 2.09. The van der Waals surface area contributed by atoms with Gasteiger partial charge >= 0.3 is 0 Å². The lowest BCUT2D eigenvalue weighted by Crippen LogP contribution is -1.96. The molecule has 0 aromatic heterocycles. The molecule has 3 aromatic carbocycles. The summed E-state index contributed by atoms with van der Waals surface area (Å²) in [5.74, 6) is 0.0477. The van der Waals surface area contributed by atoms with Crippen LogP contribution in [0, 0.1) is 0 Å². The molecule has 0 aliphatic heterocycles. The third kappa shape index (κ3) is 2.05. The molecule has 0 amide bonds. The van der Waals surface area contributed by atoms with Crippen molar-refractivity contribution in [3.05, 3.63) is 66.2 Å². The molecule has 2 N–H and O–H groups in total. The van der Waals surface area contributed by atoms with Gasteiger partial charge in [0.05, 0.1) is 0 Å². The van der Waals surface area contributed by atoms with E-state index in [0.29, 0.717) is 11.3 Å². The Bertz CT molecular complexity index is 800. The van der Waals surface area contributed by atoms with Crippen molar-refractivity contribution >= 4 is 22.2 Å². The van der Waals surface area contributed by atoms with Crippen LogP contribution in [0.4, 0.5) is 5.69 Å². The number of ketones is 1. The summed E-state index contributed by atoms with van der Waals surface area (Å²) in [5, 5.41) is 2.31. The van der Waals surface area contributed by atoms with Gasteiger partial charge in [-0.3, -0.25) is 4.79 Å². The lowest BCUT2D eigenvalue weighted by Gasteiger charge is -2.11. The molecule has 2 nitrogen and oxygen atoms in total. The second-order valence-corrected chi connectivity index (χ2v) is 4.88. The van der Waals surface area contributed by atoms with Crippen LogP contribution in [-0.4, -0.2) is 5.78 Å². The van der Waals surface area contributed by atoms with Gasteiger partial charge in [0.1, 0.15) is 0 Å². The van der Waals surface area contributed by atoms with E-state index in [2.05, 4.69) is 18.2 Å². The third-order valence-electron chi connectivity index (χ3n) is 3.54. The van der Waals surface area contributed by atoms with E-state index in [0.717, 1.165) is 21.9 Å². The Morgan fingerprint density at radius 3 is 2.45 bits per heavy atom. The minimum absolute atomic E-state index is 0.0477. The number of rotatable bonds is 2. The third-order valence-corrected chi connectivity index (χ3v) is 3.54. The SMILES string of the molecule is CC(=O)c1ccc(N)c(-c2cccc3ccccc23)c1. The van der Waals surface area contributed by atoms with Crippen LogP contribution in [0.15, 0.2) is 60.7 Å². The minimum Gasteiger partial charge on any atom is -0.398 e. The first-order valence-corrected chi connectivity index (χ1v) is 6.55. The van der Waals surface area contributed by atoms with Crippen LogP contribution in [0.2, 0.25) is 0 Å². The second kappa shape index (κ2) is 4.82. The fraction of sp³-hybridized carbons (Fsp3) is 0.0556. The Hall–Kier alpha value is -2.61. The maximum atomic E-state index is 11.6. The number of Topliss-reactive ketones (excluding diaryl/α,β-unsaturated/α-hetero) is 1. The molecule has 3 rings (SSSR count). The predicted molar refractivity (Wildman–Crippen MR) is 83.8 cm³/mol. The van der Waals surface area contributed by atoms with Crippen molar-refractivity contribution in [3.63, 3.8) is 0 Å². The number of hydrogen-bond acceptors (Lipinski definition) is 2. The standard InChI is InChI=1S/C18H15NO/c1-12(20)14-9-10-18(19)17(11-14)16-8-4-6-13-5-2-3-7-15(13)16/h2-11H,19H2,1H3. The molecule has 0 spiro atoms. The Morgan fingerprint density at radius 2 is 1.65 bits per heavy atom. The molecular formula is C18H15NO. The summed E-state index contributed by atoms with van der Waals surface area (Å²) in [5.41, 5.74) is 9.44. The number of fused-ring (bicyclic) bond motifs is 1. The maximum absolute atomic E-state index is 11.6. The number of hydrogen-bond donors (Lipinski definition) is 1. The summed E-state index contributed by atoms with van der Waals surface area (Å²) in [6, 6.07) is 19.7. The van der Waals surface area contributed by atoms with Crippen molar-refractivity contribution in [2.45, 2.75) is 6.92 Å². The van der Waals surface area contributed by atoms with Gasteiger partial charge in [-0.25, -0.2) is 0 Å². The van der Waals surface area contributed by atoms with Crippen molar-refractivity contribution < 1.29 is 4.79 Å².